The van der Waals surface area contributed by atoms with Crippen molar-refractivity contribution in [3.05, 3.63) is 128 Å². The van der Waals surface area contributed by atoms with E-state index in [9.17, 15) is 0 Å². The second-order valence-electron chi connectivity index (χ2n) is 10.8. The van der Waals surface area contributed by atoms with Gasteiger partial charge >= 0.3 is 0 Å². The summed E-state index contributed by atoms with van der Waals surface area (Å²) in [5, 5.41) is 0. The topological polar surface area (TPSA) is 0 Å². The summed E-state index contributed by atoms with van der Waals surface area (Å²) in [6.07, 6.45) is 9.80. The van der Waals surface area contributed by atoms with Gasteiger partial charge in [0.15, 0.2) is 0 Å². The van der Waals surface area contributed by atoms with Crippen molar-refractivity contribution in [3.63, 3.8) is 0 Å². The quantitative estimate of drug-likeness (QED) is 0.448. The van der Waals surface area contributed by atoms with Crippen LogP contribution in [-0.4, -0.2) is 0 Å². The van der Waals surface area contributed by atoms with E-state index in [0.29, 0.717) is 11.8 Å². The predicted octanol–water partition coefficient (Wildman–Crippen LogP) is 8.93. The van der Waals surface area contributed by atoms with Crippen LogP contribution in [0.4, 0.5) is 0 Å². The smallest absolute Gasteiger partial charge is 0.0163 e. The number of allylic oxidation sites excluding steroid dienone is 10. The van der Waals surface area contributed by atoms with E-state index in [0.717, 1.165) is 0 Å². The van der Waals surface area contributed by atoms with Crippen molar-refractivity contribution >= 4 is 12.2 Å². The summed E-state index contributed by atoms with van der Waals surface area (Å²) in [6.45, 7) is 14.2. The summed E-state index contributed by atoms with van der Waals surface area (Å²) >= 11 is 0. The lowest BCUT2D eigenvalue weighted by molar-refractivity contribution is 0.549. The number of rotatable bonds is 2. The SMILES string of the molecule is CC1=C(C(C)(C)C2=C(C)C=C3C2=Cc2ccccc2C3C)C2=Cc3ccccc3C(C)C2=C1. The fraction of sp³-hybridized carbons (Fsp3) is 0.273. The molecule has 2 unspecified atom stereocenters. The molecule has 0 aliphatic heterocycles. The molecule has 0 radical (unpaired) electrons. The molecule has 0 saturated heterocycles. The minimum Gasteiger partial charge on any atom is -0.0619 e. The third-order valence-corrected chi connectivity index (χ3v) is 8.40. The zero-order valence-electron chi connectivity index (χ0n) is 20.6. The number of hydrogen-bond donors (Lipinski definition) is 0. The van der Waals surface area contributed by atoms with Crippen LogP contribution in [0.1, 0.15) is 75.6 Å². The van der Waals surface area contributed by atoms with Crippen molar-refractivity contribution in [2.24, 2.45) is 5.41 Å². The Balaban J connectivity index is 1.50. The Kier molecular flexibility index (Phi) is 4.31. The Morgan fingerprint density at radius 1 is 0.576 bits per heavy atom. The van der Waals surface area contributed by atoms with Crippen LogP contribution >= 0.6 is 0 Å². The first-order valence-electron chi connectivity index (χ1n) is 12.3. The van der Waals surface area contributed by atoms with Crippen molar-refractivity contribution in [1.82, 2.24) is 0 Å². The largest absolute Gasteiger partial charge is 0.0619 e. The average molecular weight is 429 g/mol. The number of benzene rings is 2. The fourth-order valence-electron chi connectivity index (χ4n) is 7.01. The lowest BCUT2D eigenvalue weighted by Gasteiger charge is -2.37. The molecule has 2 aromatic carbocycles. The van der Waals surface area contributed by atoms with Crippen LogP contribution in [0.25, 0.3) is 12.2 Å². The lowest BCUT2D eigenvalue weighted by Crippen LogP contribution is -2.23. The molecular weight excluding hydrogens is 396 g/mol. The van der Waals surface area contributed by atoms with Gasteiger partial charge in [0.2, 0.25) is 0 Å². The predicted molar refractivity (Wildman–Crippen MR) is 141 cm³/mol. The van der Waals surface area contributed by atoms with Crippen LogP contribution in [0.5, 0.6) is 0 Å². The molecule has 33 heavy (non-hydrogen) atoms. The van der Waals surface area contributed by atoms with E-state index in [-0.39, 0.29) is 5.41 Å². The summed E-state index contributed by atoms with van der Waals surface area (Å²) in [7, 11) is 0. The molecule has 0 heteroatoms. The van der Waals surface area contributed by atoms with Gasteiger partial charge in [-0.05, 0) is 92.8 Å². The van der Waals surface area contributed by atoms with Crippen molar-refractivity contribution in [2.75, 3.05) is 0 Å². The van der Waals surface area contributed by atoms with Gasteiger partial charge in [0.05, 0.1) is 0 Å². The van der Waals surface area contributed by atoms with Crippen molar-refractivity contribution in [2.45, 2.75) is 53.4 Å². The molecular formula is C33H32. The van der Waals surface area contributed by atoms with E-state index < -0.39 is 0 Å². The van der Waals surface area contributed by atoms with Crippen LogP contribution in [0.2, 0.25) is 0 Å². The van der Waals surface area contributed by atoms with Gasteiger partial charge in [0, 0.05) is 17.3 Å². The van der Waals surface area contributed by atoms with Crippen LogP contribution in [0.15, 0.2) is 105 Å². The molecule has 164 valence electrons. The molecule has 0 bridgehead atoms. The monoisotopic (exact) mass is 428 g/mol. The van der Waals surface area contributed by atoms with Gasteiger partial charge in [0.25, 0.3) is 0 Å². The molecule has 0 amide bonds. The third-order valence-electron chi connectivity index (χ3n) is 8.40. The Bertz CT molecular complexity index is 1300. The standard InChI is InChI=1S/C33H32/c1-19-15-27-21(3)25-13-9-7-11-23(25)17-29(27)31(19)33(5,6)32-20(2)16-28-22(4)26-14-10-8-12-24(26)18-30(28)32/h7-18,21-22H,1-6H3. The maximum absolute atomic E-state index is 2.45. The third kappa shape index (κ3) is 2.76. The number of hydrogen-bond acceptors (Lipinski definition) is 0. The first-order valence-corrected chi connectivity index (χ1v) is 12.3. The number of fused-ring (bicyclic) bond motifs is 4. The highest BCUT2D eigenvalue weighted by atomic mass is 14.5. The molecule has 4 aliphatic carbocycles. The maximum Gasteiger partial charge on any atom is 0.0163 e. The minimum absolute atomic E-state index is 0.0830. The second-order valence-corrected chi connectivity index (χ2v) is 10.8. The zero-order chi connectivity index (χ0) is 23.1. The van der Waals surface area contributed by atoms with Crippen LogP contribution in [0.3, 0.4) is 0 Å². The molecule has 0 fully saturated rings. The maximum atomic E-state index is 2.45. The van der Waals surface area contributed by atoms with Gasteiger partial charge in [-0.2, -0.15) is 0 Å². The van der Waals surface area contributed by atoms with Gasteiger partial charge in [-0.15, -0.1) is 0 Å². The molecule has 0 aromatic heterocycles. The van der Waals surface area contributed by atoms with Gasteiger partial charge in [-0.1, -0.05) is 88.4 Å². The minimum atomic E-state index is -0.0830. The lowest BCUT2D eigenvalue weighted by atomic mass is 9.66. The zero-order valence-corrected chi connectivity index (χ0v) is 20.6. The average Bonchev–Trinajstić information content (AvgIpc) is 3.31. The normalized spacial score (nSPS) is 23.3. The molecule has 0 heterocycles. The summed E-state index contributed by atoms with van der Waals surface area (Å²) in [5.74, 6) is 0.857. The van der Waals surface area contributed by atoms with E-state index in [2.05, 4.69) is 114 Å². The Labute approximate surface area is 198 Å². The molecule has 2 atom stereocenters. The summed E-state index contributed by atoms with van der Waals surface area (Å²) in [6, 6.07) is 17.8. The van der Waals surface area contributed by atoms with Crippen molar-refractivity contribution in [1.29, 1.82) is 0 Å². The van der Waals surface area contributed by atoms with E-state index >= 15 is 0 Å². The molecule has 6 rings (SSSR count). The first kappa shape index (κ1) is 20.5. The van der Waals surface area contributed by atoms with Gasteiger partial charge in [-0.25, -0.2) is 0 Å². The Morgan fingerprint density at radius 3 is 1.39 bits per heavy atom. The highest BCUT2D eigenvalue weighted by molar-refractivity contribution is 5.83. The molecule has 0 N–H and O–H groups in total. The van der Waals surface area contributed by atoms with E-state index in [4.69, 9.17) is 0 Å². The molecule has 0 nitrogen and oxygen atoms in total. The van der Waals surface area contributed by atoms with Crippen molar-refractivity contribution in [3.8, 4) is 0 Å². The van der Waals surface area contributed by atoms with Crippen LogP contribution in [0, 0.1) is 5.41 Å². The van der Waals surface area contributed by atoms with E-state index in [1.54, 1.807) is 0 Å². The highest BCUT2D eigenvalue weighted by Gasteiger charge is 2.42. The Hall–Kier alpha value is -3.12. The van der Waals surface area contributed by atoms with Gasteiger partial charge in [-0.3, -0.25) is 0 Å². The summed E-state index contributed by atoms with van der Waals surface area (Å²) in [5.41, 5.74) is 17.2. The van der Waals surface area contributed by atoms with Crippen LogP contribution in [-0.2, 0) is 0 Å². The Morgan fingerprint density at radius 2 is 0.970 bits per heavy atom. The molecule has 2 aromatic rings. The molecule has 0 spiro atoms. The highest BCUT2D eigenvalue weighted by Crippen LogP contribution is 2.58. The fourth-order valence-corrected chi connectivity index (χ4v) is 7.01. The van der Waals surface area contributed by atoms with Gasteiger partial charge < -0.3 is 0 Å². The van der Waals surface area contributed by atoms with E-state index in [1.807, 2.05) is 0 Å². The van der Waals surface area contributed by atoms with Crippen molar-refractivity contribution < 1.29 is 0 Å². The second kappa shape index (κ2) is 6.94. The first-order chi connectivity index (χ1) is 15.8. The van der Waals surface area contributed by atoms with E-state index in [1.165, 1.54) is 66.8 Å². The van der Waals surface area contributed by atoms with Crippen LogP contribution < -0.4 is 0 Å². The molecule has 4 aliphatic rings. The van der Waals surface area contributed by atoms with Gasteiger partial charge in [0.1, 0.15) is 0 Å². The summed E-state index contributed by atoms with van der Waals surface area (Å²) < 4.78 is 0. The summed E-state index contributed by atoms with van der Waals surface area (Å²) in [4.78, 5) is 0. The molecule has 0 saturated carbocycles.